The summed E-state index contributed by atoms with van der Waals surface area (Å²) in [7, 11) is 1.70. The molecular formula is C18H17N5O5. The Labute approximate surface area is 159 Å². The van der Waals surface area contributed by atoms with Crippen LogP contribution in [0.25, 0.3) is 5.69 Å². The lowest BCUT2D eigenvalue weighted by molar-refractivity contribution is -0.390. The lowest BCUT2D eigenvalue weighted by Crippen LogP contribution is -2.25. The summed E-state index contributed by atoms with van der Waals surface area (Å²) in [5.74, 6) is -1.24. The second-order valence-corrected chi connectivity index (χ2v) is 5.86. The molecule has 3 aromatic rings. The van der Waals surface area contributed by atoms with E-state index < -0.39 is 28.8 Å². The molecule has 3 rings (SSSR count). The minimum Gasteiger partial charge on any atom is -0.476 e. The van der Waals surface area contributed by atoms with Crippen LogP contribution in [0.3, 0.4) is 0 Å². The first-order valence-corrected chi connectivity index (χ1v) is 8.26. The molecule has 0 aliphatic carbocycles. The van der Waals surface area contributed by atoms with Crippen molar-refractivity contribution < 1.29 is 14.5 Å². The lowest BCUT2D eigenvalue weighted by Gasteiger charge is -2.07. The minimum atomic E-state index is -0.701. The van der Waals surface area contributed by atoms with Crippen LogP contribution in [0.2, 0.25) is 0 Å². The van der Waals surface area contributed by atoms with Crippen LogP contribution < -0.4 is 15.6 Å². The predicted molar refractivity (Wildman–Crippen MR) is 101 cm³/mol. The Kier molecular flexibility index (Phi) is 5.21. The molecule has 0 aliphatic rings. The summed E-state index contributed by atoms with van der Waals surface area (Å²) in [5, 5.41) is 13.5. The van der Waals surface area contributed by atoms with Gasteiger partial charge in [-0.05, 0) is 41.1 Å². The number of nitrogens with one attached hydrogen (secondary N) is 1. The van der Waals surface area contributed by atoms with E-state index in [0.29, 0.717) is 11.4 Å². The summed E-state index contributed by atoms with van der Waals surface area (Å²) in [6, 6.07) is 11.8. The van der Waals surface area contributed by atoms with Crippen molar-refractivity contribution in [1.29, 1.82) is 0 Å². The van der Waals surface area contributed by atoms with Crippen molar-refractivity contribution in [1.82, 2.24) is 14.3 Å². The Morgan fingerprint density at radius 3 is 2.64 bits per heavy atom. The molecule has 1 amide bonds. The number of hydrogen-bond donors (Lipinski definition) is 1. The van der Waals surface area contributed by atoms with Crippen LogP contribution in [-0.2, 0) is 11.8 Å². The molecule has 0 fully saturated rings. The van der Waals surface area contributed by atoms with Crippen molar-refractivity contribution in [2.75, 3.05) is 11.9 Å². The average molecular weight is 383 g/mol. The maximum absolute atomic E-state index is 12.8. The van der Waals surface area contributed by atoms with Gasteiger partial charge in [-0.3, -0.25) is 14.3 Å². The van der Waals surface area contributed by atoms with E-state index in [-0.39, 0.29) is 11.4 Å². The number of benzene rings is 1. The fourth-order valence-electron chi connectivity index (χ4n) is 2.66. The topological polar surface area (TPSA) is 121 Å². The van der Waals surface area contributed by atoms with Gasteiger partial charge in [0.05, 0.1) is 11.4 Å². The summed E-state index contributed by atoms with van der Waals surface area (Å²) in [4.78, 5) is 38.8. The zero-order chi connectivity index (χ0) is 20.3. The van der Waals surface area contributed by atoms with E-state index >= 15 is 0 Å². The van der Waals surface area contributed by atoms with Gasteiger partial charge in [0.1, 0.15) is 11.9 Å². The van der Waals surface area contributed by atoms with Crippen molar-refractivity contribution in [2.24, 2.45) is 7.05 Å². The number of rotatable bonds is 6. The van der Waals surface area contributed by atoms with Gasteiger partial charge in [-0.2, -0.15) is 0 Å². The number of nitrogens with zero attached hydrogens (tertiary/aromatic N) is 4. The molecule has 0 saturated carbocycles. The van der Waals surface area contributed by atoms with E-state index in [1.54, 1.807) is 42.9 Å². The molecule has 2 heterocycles. The van der Waals surface area contributed by atoms with E-state index in [4.69, 9.17) is 4.74 Å². The molecule has 10 nitrogen and oxygen atoms in total. The second-order valence-electron chi connectivity index (χ2n) is 5.86. The summed E-state index contributed by atoms with van der Waals surface area (Å²) in [5.41, 5.74) is 0.919. The smallest absolute Gasteiger partial charge is 0.406 e. The van der Waals surface area contributed by atoms with Crippen LogP contribution in [0, 0.1) is 17.0 Å². The number of amides is 1. The van der Waals surface area contributed by atoms with E-state index in [2.05, 4.69) is 10.3 Å². The third-order valence-corrected chi connectivity index (χ3v) is 4.10. The Balaban J connectivity index is 1.79. The fourth-order valence-corrected chi connectivity index (χ4v) is 2.66. The molecule has 28 heavy (non-hydrogen) atoms. The van der Waals surface area contributed by atoms with Crippen LogP contribution >= 0.6 is 0 Å². The third-order valence-electron chi connectivity index (χ3n) is 4.10. The number of carbonyl (C=O) groups is 1. The second kappa shape index (κ2) is 7.74. The summed E-state index contributed by atoms with van der Waals surface area (Å²) in [6.07, 6.45) is 1.25. The predicted octanol–water partition coefficient (Wildman–Crippen LogP) is 1.81. The molecule has 1 N–H and O–H groups in total. The van der Waals surface area contributed by atoms with Gasteiger partial charge in [-0.25, -0.2) is 4.68 Å². The highest BCUT2D eigenvalue weighted by atomic mass is 16.6. The Bertz CT molecular complexity index is 1090. The number of hydrogen-bond acceptors (Lipinski definition) is 6. The monoisotopic (exact) mass is 383 g/mol. The van der Waals surface area contributed by atoms with Crippen molar-refractivity contribution >= 4 is 17.4 Å². The molecule has 0 spiro atoms. The summed E-state index contributed by atoms with van der Waals surface area (Å²) < 4.78 is 8.26. The first-order valence-electron chi connectivity index (χ1n) is 8.26. The molecular weight excluding hydrogens is 366 g/mol. The van der Waals surface area contributed by atoms with Crippen molar-refractivity contribution in [3.8, 4) is 11.4 Å². The van der Waals surface area contributed by atoms with Gasteiger partial charge < -0.3 is 20.2 Å². The fraction of sp³-hybridized carbons (Fsp3) is 0.167. The Morgan fingerprint density at radius 2 is 1.96 bits per heavy atom. The van der Waals surface area contributed by atoms with Crippen molar-refractivity contribution in [2.45, 2.75) is 6.92 Å². The van der Waals surface area contributed by atoms with Crippen molar-refractivity contribution in [3.05, 3.63) is 74.8 Å². The van der Waals surface area contributed by atoms with Crippen molar-refractivity contribution in [3.63, 3.8) is 0 Å². The molecule has 0 atom stereocenters. The molecule has 0 unspecified atom stereocenters. The van der Waals surface area contributed by atoms with E-state index in [1.165, 1.54) is 23.0 Å². The van der Waals surface area contributed by atoms with Crippen LogP contribution in [-0.4, -0.2) is 31.8 Å². The van der Waals surface area contributed by atoms with Crippen LogP contribution in [0.15, 0.2) is 53.5 Å². The molecule has 10 heteroatoms. The Morgan fingerprint density at radius 1 is 1.25 bits per heavy atom. The summed E-state index contributed by atoms with van der Waals surface area (Å²) in [6.45, 7) is 1.19. The number of ether oxygens (including phenoxy) is 1. The summed E-state index contributed by atoms with van der Waals surface area (Å²) >= 11 is 0. The van der Waals surface area contributed by atoms with Gasteiger partial charge >= 0.3 is 5.82 Å². The highest BCUT2D eigenvalue weighted by Gasteiger charge is 2.20. The highest BCUT2D eigenvalue weighted by Crippen LogP contribution is 2.22. The number of nitro groups is 1. The van der Waals surface area contributed by atoms with Gasteiger partial charge in [-0.1, -0.05) is 18.2 Å². The average Bonchev–Trinajstić information content (AvgIpc) is 2.90. The standard InChI is InChI=1S/C18H17N5O5/c1-12-16(18(25)22(21(12)2)13-7-4-3-5-8-13)20-15(24)11-28-14-9-6-10-19-17(14)23(26)27/h3-10H,11H2,1-2H3,(H,20,24). The maximum Gasteiger partial charge on any atom is 0.406 e. The lowest BCUT2D eigenvalue weighted by atomic mass is 10.3. The van der Waals surface area contributed by atoms with Gasteiger partial charge in [0.2, 0.25) is 5.75 Å². The number of pyridine rings is 1. The largest absolute Gasteiger partial charge is 0.476 e. The van der Waals surface area contributed by atoms with Gasteiger partial charge in [0.25, 0.3) is 11.5 Å². The van der Waals surface area contributed by atoms with Gasteiger partial charge in [0, 0.05) is 7.05 Å². The molecule has 1 aromatic carbocycles. The Hall–Kier alpha value is -3.95. The minimum absolute atomic E-state index is 0.112. The van der Waals surface area contributed by atoms with E-state index in [9.17, 15) is 19.7 Å². The molecule has 2 aromatic heterocycles. The first-order chi connectivity index (χ1) is 13.4. The maximum atomic E-state index is 12.8. The van der Waals surface area contributed by atoms with Crippen LogP contribution in [0.4, 0.5) is 11.5 Å². The zero-order valence-electron chi connectivity index (χ0n) is 15.2. The quantitative estimate of drug-likeness (QED) is 0.512. The highest BCUT2D eigenvalue weighted by molar-refractivity contribution is 5.92. The van der Waals surface area contributed by atoms with E-state index in [1.807, 2.05) is 6.07 Å². The molecule has 0 bridgehead atoms. The van der Waals surface area contributed by atoms with Crippen LogP contribution in [0.1, 0.15) is 5.69 Å². The number of aromatic nitrogens is 3. The molecule has 0 aliphatic heterocycles. The number of anilines is 1. The third kappa shape index (κ3) is 3.61. The molecule has 0 saturated heterocycles. The zero-order valence-corrected chi connectivity index (χ0v) is 15.2. The molecule has 144 valence electrons. The molecule has 0 radical (unpaired) electrons. The SMILES string of the molecule is Cc1c(NC(=O)COc2cccnc2[N+](=O)[O-])c(=O)n(-c2ccccc2)n1C. The normalized spacial score (nSPS) is 10.5. The van der Waals surface area contributed by atoms with Gasteiger partial charge in [-0.15, -0.1) is 0 Å². The van der Waals surface area contributed by atoms with E-state index in [0.717, 1.165) is 0 Å². The number of para-hydroxylation sites is 1. The van der Waals surface area contributed by atoms with Gasteiger partial charge in [0.15, 0.2) is 6.61 Å². The first kappa shape index (κ1) is 18.8. The number of carbonyl (C=O) groups excluding carboxylic acids is 1. The van der Waals surface area contributed by atoms with Crippen LogP contribution in [0.5, 0.6) is 5.75 Å².